The Labute approximate surface area is 182 Å². The van der Waals surface area contributed by atoms with Gasteiger partial charge in [-0.3, -0.25) is 9.59 Å². The van der Waals surface area contributed by atoms with Gasteiger partial charge in [0.2, 0.25) is 5.91 Å². The molecule has 0 heterocycles. The third-order valence-electron chi connectivity index (χ3n) is 4.66. The number of amides is 2. The molecule has 0 bridgehead atoms. The normalized spacial score (nSPS) is 11.0. The van der Waals surface area contributed by atoms with Crippen molar-refractivity contribution in [3.8, 4) is 5.75 Å². The smallest absolute Gasteiger partial charge is 0.272 e. The van der Waals surface area contributed by atoms with Gasteiger partial charge < -0.3 is 15.4 Å². The molecule has 0 saturated heterocycles. The van der Waals surface area contributed by atoms with Gasteiger partial charge >= 0.3 is 0 Å². The molecule has 0 unspecified atom stereocenters. The first-order valence-electron chi connectivity index (χ1n) is 10.1. The van der Waals surface area contributed by atoms with Crippen molar-refractivity contribution in [1.29, 1.82) is 0 Å². The molecule has 0 spiro atoms. The minimum atomic E-state index is -0.392. The molecule has 0 fully saturated rings. The molecule has 3 aromatic carbocycles. The van der Waals surface area contributed by atoms with E-state index in [1.807, 2.05) is 61.5 Å². The minimum absolute atomic E-state index is 0.185. The van der Waals surface area contributed by atoms with Crippen LogP contribution in [0.4, 0.5) is 5.69 Å². The summed E-state index contributed by atoms with van der Waals surface area (Å²) in [4.78, 5) is 24.3. The van der Waals surface area contributed by atoms with E-state index in [0.29, 0.717) is 12.3 Å². The molecule has 0 saturated carbocycles. The number of rotatable bonds is 8. The number of aryl methyl sites for hydroxylation is 1. The van der Waals surface area contributed by atoms with E-state index in [2.05, 4.69) is 22.8 Å². The van der Waals surface area contributed by atoms with Crippen LogP contribution in [-0.2, 0) is 16.0 Å². The van der Waals surface area contributed by atoms with Gasteiger partial charge in [-0.05, 0) is 54.0 Å². The highest BCUT2D eigenvalue weighted by Crippen LogP contribution is 2.18. The Morgan fingerprint density at radius 1 is 0.903 bits per heavy atom. The third kappa shape index (κ3) is 6.85. The van der Waals surface area contributed by atoms with Gasteiger partial charge in [0, 0.05) is 19.0 Å². The molecule has 2 amide bonds. The van der Waals surface area contributed by atoms with Gasteiger partial charge in [-0.2, -0.15) is 0 Å². The van der Waals surface area contributed by atoms with Crippen LogP contribution in [0.3, 0.4) is 0 Å². The predicted molar refractivity (Wildman–Crippen MR) is 124 cm³/mol. The SMILES string of the molecule is CC(=O)NC(=Cc1ccccc1C)C(=O)Nc1ccc(OCCc2ccccc2)cc1. The first-order valence-corrected chi connectivity index (χ1v) is 10.1. The van der Waals surface area contributed by atoms with Gasteiger partial charge in [0.1, 0.15) is 11.4 Å². The summed E-state index contributed by atoms with van der Waals surface area (Å²) in [5.74, 6) is 0.0276. The average Bonchev–Trinajstić information content (AvgIpc) is 2.76. The molecular weight excluding hydrogens is 388 g/mol. The van der Waals surface area contributed by atoms with Crippen molar-refractivity contribution in [3.05, 3.63) is 101 Å². The standard InChI is InChI=1S/C26H26N2O3/c1-19-8-6-7-11-22(19)18-25(27-20(2)29)26(30)28-23-12-14-24(15-13-23)31-17-16-21-9-4-3-5-10-21/h3-15,18H,16-17H2,1-2H3,(H,27,29)(H,28,30). The number of hydrogen-bond acceptors (Lipinski definition) is 3. The van der Waals surface area contributed by atoms with Crippen molar-refractivity contribution in [3.63, 3.8) is 0 Å². The van der Waals surface area contributed by atoms with Crippen molar-refractivity contribution in [1.82, 2.24) is 5.32 Å². The second-order valence-electron chi connectivity index (χ2n) is 7.16. The van der Waals surface area contributed by atoms with Gasteiger partial charge in [0.15, 0.2) is 0 Å². The first-order chi connectivity index (χ1) is 15.0. The summed E-state index contributed by atoms with van der Waals surface area (Å²) in [6.07, 6.45) is 2.50. The Balaban J connectivity index is 1.62. The average molecular weight is 415 g/mol. The summed E-state index contributed by atoms with van der Waals surface area (Å²) in [7, 11) is 0. The molecule has 158 valence electrons. The highest BCUT2D eigenvalue weighted by molar-refractivity contribution is 6.08. The Morgan fingerprint density at radius 2 is 1.58 bits per heavy atom. The molecule has 31 heavy (non-hydrogen) atoms. The molecule has 5 nitrogen and oxygen atoms in total. The maximum absolute atomic E-state index is 12.8. The van der Waals surface area contributed by atoms with Crippen LogP contribution in [0, 0.1) is 6.92 Å². The number of hydrogen-bond donors (Lipinski definition) is 2. The van der Waals surface area contributed by atoms with Crippen LogP contribution < -0.4 is 15.4 Å². The summed E-state index contributed by atoms with van der Waals surface area (Å²) in [5.41, 5.74) is 3.89. The number of ether oxygens (including phenoxy) is 1. The number of carbonyl (C=O) groups excluding carboxylic acids is 2. The number of benzene rings is 3. The van der Waals surface area contributed by atoms with Gasteiger partial charge in [-0.15, -0.1) is 0 Å². The van der Waals surface area contributed by atoms with Crippen LogP contribution in [0.15, 0.2) is 84.6 Å². The lowest BCUT2D eigenvalue weighted by molar-refractivity contribution is -0.120. The molecule has 0 radical (unpaired) electrons. The zero-order valence-corrected chi connectivity index (χ0v) is 17.7. The fourth-order valence-corrected chi connectivity index (χ4v) is 3.02. The van der Waals surface area contributed by atoms with E-state index in [1.165, 1.54) is 12.5 Å². The summed E-state index contributed by atoms with van der Waals surface area (Å²) >= 11 is 0. The maximum atomic E-state index is 12.8. The molecule has 2 N–H and O–H groups in total. The highest BCUT2D eigenvalue weighted by atomic mass is 16.5. The van der Waals surface area contributed by atoms with Crippen molar-refractivity contribution < 1.29 is 14.3 Å². The number of carbonyl (C=O) groups is 2. The van der Waals surface area contributed by atoms with E-state index in [0.717, 1.165) is 23.3 Å². The van der Waals surface area contributed by atoms with E-state index >= 15 is 0 Å². The molecule has 3 rings (SSSR count). The Bertz CT molecular complexity index is 1060. The van der Waals surface area contributed by atoms with Crippen LogP contribution in [0.1, 0.15) is 23.6 Å². The quantitative estimate of drug-likeness (QED) is 0.524. The Kier molecular flexibility index (Phi) is 7.60. The van der Waals surface area contributed by atoms with Crippen molar-refractivity contribution >= 4 is 23.6 Å². The fourth-order valence-electron chi connectivity index (χ4n) is 3.02. The van der Waals surface area contributed by atoms with Gasteiger partial charge in [0.25, 0.3) is 5.91 Å². The van der Waals surface area contributed by atoms with Gasteiger partial charge in [-0.1, -0.05) is 54.6 Å². The molecular formula is C26H26N2O3. The second-order valence-corrected chi connectivity index (χ2v) is 7.16. The lowest BCUT2D eigenvalue weighted by Gasteiger charge is -2.11. The van der Waals surface area contributed by atoms with Crippen molar-refractivity contribution in [2.45, 2.75) is 20.3 Å². The minimum Gasteiger partial charge on any atom is -0.493 e. The van der Waals surface area contributed by atoms with E-state index in [-0.39, 0.29) is 11.6 Å². The van der Waals surface area contributed by atoms with Crippen LogP contribution in [0.2, 0.25) is 0 Å². The third-order valence-corrected chi connectivity index (χ3v) is 4.66. The molecule has 5 heteroatoms. The first kappa shape index (κ1) is 21.8. The summed E-state index contributed by atoms with van der Waals surface area (Å²) in [6.45, 7) is 3.90. The van der Waals surface area contributed by atoms with E-state index in [9.17, 15) is 9.59 Å². The second kappa shape index (κ2) is 10.8. The Morgan fingerprint density at radius 3 is 2.26 bits per heavy atom. The summed E-state index contributed by atoms with van der Waals surface area (Å²) in [5, 5.41) is 5.43. The zero-order chi connectivity index (χ0) is 22.1. The van der Waals surface area contributed by atoms with E-state index in [4.69, 9.17) is 4.74 Å². The fraction of sp³-hybridized carbons (Fsp3) is 0.154. The predicted octanol–water partition coefficient (Wildman–Crippen LogP) is 4.73. The molecule has 0 aliphatic rings. The highest BCUT2D eigenvalue weighted by Gasteiger charge is 2.12. The molecule has 0 aliphatic carbocycles. The van der Waals surface area contributed by atoms with Crippen LogP contribution in [0.25, 0.3) is 6.08 Å². The molecule has 0 atom stereocenters. The zero-order valence-electron chi connectivity index (χ0n) is 17.7. The van der Waals surface area contributed by atoms with Crippen LogP contribution in [-0.4, -0.2) is 18.4 Å². The number of nitrogens with one attached hydrogen (secondary N) is 2. The van der Waals surface area contributed by atoms with Crippen LogP contribution >= 0.6 is 0 Å². The van der Waals surface area contributed by atoms with E-state index in [1.54, 1.807) is 18.2 Å². The Hall–Kier alpha value is -3.86. The maximum Gasteiger partial charge on any atom is 0.272 e. The summed E-state index contributed by atoms with van der Waals surface area (Å²) in [6, 6.07) is 25.0. The lowest BCUT2D eigenvalue weighted by atomic mass is 10.1. The molecule has 0 aromatic heterocycles. The van der Waals surface area contributed by atoms with E-state index < -0.39 is 5.91 Å². The lowest BCUT2D eigenvalue weighted by Crippen LogP contribution is -2.29. The topological polar surface area (TPSA) is 67.4 Å². The number of anilines is 1. The van der Waals surface area contributed by atoms with Crippen molar-refractivity contribution in [2.75, 3.05) is 11.9 Å². The summed E-state index contributed by atoms with van der Waals surface area (Å²) < 4.78 is 5.78. The molecule has 3 aromatic rings. The van der Waals surface area contributed by atoms with Gasteiger partial charge in [-0.25, -0.2) is 0 Å². The largest absolute Gasteiger partial charge is 0.493 e. The van der Waals surface area contributed by atoms with Crippen LogP contribution in [0.5, 0.6) is 5.75 Å². The molecule has 0 aliphatic heterocycles. The monoisotopic (exact) mass is 414 g/mol. The van der Waals surface area contributed by atoms with Gasteiger partial charge in [0.05, 0.1) is 6.61 Å². The van der Waals surface area contributed by atoms with Crippen molar-refractivity contribution in [2.24, 2.45) is 0 Å².